The third kappa shape index (κ3) is 3.98. The van der Waals surface area contributed by atoms with Gasteiger partial charge in [-0.25, -0.2) is 8.78 Å². The predicted octanol–water partition coefficient (Wildman–Crippen LogP) is 4.13. The number of fused-ring (bicyclic) bond motifs is 4. The number of anilines is 1. The largest absolute Gasteiger partial charge is 0.508 e. The Morgan fingerprint density at radius 2 is 1.83 bits per heavy atom. The molecule has 4 aromatic rings. The molecule has 7 nitrogen and oxygen atoms in total. The summed E-state index contributed by atoms with van der Waals surface area (Å²) in [5, 5.41) is 25.0. The van der Waals surface area contributed by atoms with E-state index in [-0.39, 0.29) is 52.5 Å². The number of halogens is 2. The van der Waals surface area contributed by atoms with Gasteiger partial charge in [0.1, 0.15) is 29.5 Å². The number of hydrogen-bond acceptors (Lipinski definition) is 7. The number of nitrogens with one attached hydrogen (secondary N) is 1. The molecule has 2 aliphatic heterocycles. The maximum atomic E-state index is 16.2. The van der Waals surface area contributed by atoms with E-state index in [9.17, 15) is 10.2 Å². The summed E-state index contributed by atoms with van der Waals surface area (Å²) >= 11 is 0. The third-order valence-electron chi connectivity index (χ3n) is 6.93. The molecule has 9 heteroatoms. The van der Waals surface area contributed by atoms with E-state index >= 15 is 8.78 Å². The molecule has 6 rings (SSSR count). The van der Waals surface area contributed by atoms with E-state index in [2.05, 4.69) is 15.3 Å². The Labute approximate surface area is 206 Å². The van der Waals surface area contributed by atoms with E-state index in [0.29, 0.717) is 29.7 Å². The van der Waals surface area contributed by atoms with Crippen molar-refractivity contribution < 1.29 is 23.7 Å². The molecule has 0 spiro atoms. The second kappa shape index (κ2) is 8.83. The van der Waals surface area contributed by atoms with Crippen LogP contribution in [0.2, 0.25) is 0 Å². The summed E-state index contributed by atoms with van der Waals surface area (Å²) in [6.45, 7) is 2.81. The van der Waals surface area contributed by atoms with Gasteiger partial charge in [-0.1, -0.05) is 24.3 Å². The second-order valence-electron chi connectivity index (χ2n) is 9.69. The summed E-state index contributed by atoms with van der Waals surface area (Å²) in [6.07, 6.45) is 1.30. The molecule has 1 aromatic heterocycles. The van der Waals surface area contributed by atoms with E-state index in [1.165, 1.54) is 12.1 Å². The molecule has 0 aliphatic carbocycles. The van der Waals surface area contributed by atoms with Crippen LogP contribution in [0.3, 0.4) is 0 Å². The fourth-order valence-corrected chi connectivity index (χ4v) is 5.38. The molecule has 0 radical (unpaired) electrons. The maximum Gasteiger partial charge on any atom is 0.319 e. The van der Waals surface area contributed by atoms with Gasteiger partial charge in [-0.05, 0) is 54.3 Å². The quantitative estimate of drug-likeness (QED) is 0.386. The summed E-state index contributed by atoms with van der Waals surface area (Å²) in [5.74, 6) is -1.31. The number of benzene rings is 3. The number of aromatic hydroxyl groups is 1. The Morgan fingerprint density at radius 3 is 2.58 bits per heavy atom. The Morgan fingerprint density at radius 1 is 1.08 bits per heavy atom. The van der Waals surface area contributed by atoms with Crippen LogP contribution < -0.4 is 15.0 Å². The summed E-state index contributed by atoms with van der Waals surface area (Å²) in [4.78, 5) is 10.8. The van der Waals surface area contributed by atoms with Gasteiger partial charge in [0.15, 0.2) is 5.82 Å². The Kier molecular flexibility index (Phi) is 5.61. The number of hydrogen-bond donors (Lipinski definition) is 3. The first-order valence-corrected chi connectivity index (χ1v) is 12.1. The number of phenolic OH excluding ortho intramolecular Hbond substituents is 1. The zero-order valence-electron chi connectivity index (χ0n) is 19.7. The molecule has 0 amide bonds. The van der Waals surface area contributed by atoms with Crippen molar-refractivity contribution in [3.8, 4) is 22.9 Å². The third-order valence-corrected chi connectivity index (χ3v) is 6.93. The molecule has 36 heavy (non-hydrogen) atoms. The highest BCUT2D eigenvalue weighted by atomic mass is 19.1. The van der Waals surface area contributed by atoms with Gasteiger partial charge in [0.25, 0.3) is 0 Å². The van der Waals surface area contributed by atoms with E-state index in [4.69, 9.17) is 4.74 Å². The van der Waals surface area contributed by atoms with Crippen molar-refractivity contribution in [2.24, 2.45) is 0 Å². The standard InChI is InChI=1S/C27H26F2N4O3/c1-14(34)13-36-27-31-25-21(26(32-27)33-11-16-6-7-17(12-33)30-16)10-22(28)23(24(25)29)20-9-18(35)8-15-4-2-3-5-19(15)20/h2-5,8-10,14,16-17,30,34-35H,6-7,11-13H2,1H3/t14?,16-,17+. The van der Waals surface area contributed by atoms with Crippen molar-refractivity contribution in [1.29, 1.82) is 0 Å². The van der Waals surface area contributed by atoms with Crippen LogP contribution in [-0.2, 0) is 0 Å². The highest BCUT2D eigenvalue weighted by Crippen LogP contribution is 2.40. The summed E-state index contributed by atoms with van der Waals surface area (Å²) in [7, 11) is 0. The SMILES string of the molecule is CC(O)COc1nc(N2C[C@H]3CC[C@@H](C2)N3)c2cc(F)c(-c3cc(O)cc4ccccc34)c(F)c2n1. The van der Waals surface area contributed by atoms with E-state index < -0.39 is 17.7 Å². The number of rotatable bonds is 5. The Balaban J connectivity index is 1.57. The molecule has 2 fully saturated rings. The van der Waals surface area contributed by atoms with Gasteiger partial charge in [-0.2, -0.15) is 9.97 Å². The topological polar surface area (TPSA) is 90.7 Å². The number of nitrogens with zero attached hydrogens (tertiary/aromatic N) is 3. The number of phenols is 1. The number of piperazine rings is 1. The first-order chi connectivity index (χ1) is 17.4. The molecular weight excluding hydrogens is 466 g/mol. The lowest BCUT2D eigenvalue weighted by Gasteiger charge is -2.34. The lowest BCUT2D eigenvalue weighted by atomic mass is 9.95. The number of aliphatic hydroxyl groups is 1. The highest BCUT2D eigenvalue weighted by molar-refractivity contribution is 6.01. The number of aliphatic hydroxyl groups excluding tert-OH is 1. The first-order valence-electron chi connectivity index (χ1n) is 12.1. The zero-order valence-corrected chi connectivity index (χ0v) is 19.7. The fourth-order valence-electron chi connectivity index (χ4n) is 5.38. The summed E-state index contributed by atoms with van der Waals surface area (Å²) in [6, 6.07) is 11.8. The smallest absolute Gasteiger partial charge is 0.319 e. The molecule has 3 aromatic carbocycles. The molecule has 2 bridgehead atoms. The van der Waals surface area contributed by atoms with Crippen molar-refractivity contribution in [2.75, 3.05) is 24.6 Å². The minimum Gasteiger partial charge on any atom is -0.508 e. The van der Waals surface area contributed by atoms with Crippen LogP contribution in [0.4, 0.5) is 14.6 Å². The van der Waals surface area contributed by atoms with E-state index in [1.54, 1.807) is 37.3 Å². The van der Waals surface area contributed by atoms with Crippen molar-refractivity contribution >= 4 is 27.5 Å². The lowest BCUT2D eigenvalue weighted by molar-refractivity contribution is 0.117. The zero-order chi connectivity index (χ0) is 25.0. The van der Waals surface area contributed by atoms with Gasteiger partial charge >= 0.3 is 6.01 Å². The summed E-state index contributed by atoms with van der Waals surface area (Å²) in [5.41, 5.74) is -0.120. The van der Waals surface area contributed by atoms with Crippen molar-refractivity contribution in [2.45, 2.75) is 38.0 Å². The van der Waals surface area contributed by atoms with E-state index in [1.807, 2.05) is 4.90 Å². The van der Waals surface area contributed by atoms with Crippen molar-refractivity contribution in [1.82, 2.24) is 15.3 Å². The lowest BCUT2D eigenvalue weighted by Crippen LogP contribution is -2.51. The predicted molar refractivity (Wildman–Crippen MR) is 133 cm³/mol. The van der Waals surface area contributed by atoms with Crippen LogP contribution in [0, 0.1) is 11.6 Å². The average molecular weight is 493 g/mol. The fraction of sp³-hybridized carbons (Fsp3) is 0.333. The van der Waals surface area contributed by atoms with Crippen LogP contribution >= 0.6 is 0 Å². The average Bonchev–Trinajstić information content (AvgIpc) is 3.19. The van der Waals surface area contributed by atoms with Crippen molar-refractivity contribution in [3.05, 3.63) is 54.1 Å². The van der Waals surface area contributed by atoms with Gasteiger partial charge in [0, 0.05) is 30.6 Å². The molecule has 2 saturated heterocycles. The minimum atomic E-state index is -0.857. The van der Waals surface area contributed by atoms with Crippen molar-refractivity contribution in [3.63, 3.8) is 0 Å². The monoisotopic (exact) mass is 492 g/mol. The van der Waals surface area contributed by atoms with Crippen LogP contribution in [0.15, 0.2) is 42.5 Å². The van der Waals surface area contributed by atoms with Crippen LogP contribution in [-0.4, -0.2) is 58.1 Å². The molecule has 3 N–H and O–H groups in total. The van der Waals surface area contributed by atoms with Crippen LogP contribution in [0.1, 0.15) is 19.8 Å². The first kappa shape index (κ1) is 22.9. The highest BCUT2D eigenvalue weighted by Gasteiger charge is 2.34. The minimum absolute atomic E-state index is 0.0649. The molecule has 3 atom stereocenters. The summed E-state index contributed by atoms with van der Waals surface area (Å²) < 4.78 is 37.5. The van der Waals surface area contributed by atoms with Crippen LogP contribution in [0.25, 0.3) is 32.8 Å². The number of ether oxygens (including phenoxy) is 1. The van der Waals surface area contributed by atoms with Crippen LogP contribution in [0.5, 0.6) is 11.8 Å². The molecular formula is C27H26F2N4O3. The normalized spacial score (nSPS) is 20.3. The maximum absolute atomic E-state index is 16.2. The molecule has 0 saturated carbocycles. The Hall–Kier alpha value is -3.56. The van der Waals surface area contributed by atoms with Gasteiger partial charge < -0.3 is 25.2 Å². The van der Waals surface area contributed by atoms with E-state index in [0.717, 1.165) is 12.8 Å². The molecule has 2 aliphatic rings. The van der Waals surface area contributed by atoms with Gasteiger partial charge in [-0.3, -0.25) is 0 Å². The second-order valence-corrected chi connectivity index (χ2v) is 9.69. The van der Waals surface area contributed by atoms with Gasteiger partial charge in [-0.15, -0.1) is 0 Å². The Bertz CT molecular complexity index is 1470. The van der Waals surface area contributed by atoms with Gasteiger partial charge in [0.2, 0.25) is 0 Å². The molecule has 1 unspecified atom stereocenters. The number of aromatic nitrogens is 2. The van der Waals surface area contributed by atoms with Gasteiger partial charge in [0.05, 0.1) is 11.7 Å². The molecule has 3 heterocycles. The molecule has 186 valence electrons.